The summed E-state index contributed by atoms with van der Waals surface area (Å²) < 4.78 is 10.5. The van der Waals surface area contributed by atoms with Gasteiger partial charge in [0.15, 0.2) is 11.5 Å². The van der Waals surface area contributed by atoms with Crippen molar-refractivity contribution in [2.24, 2.45) is 5.10 Å². The topological polar surface area (TPSA) is 59.9 Å². The molecule has 8 heteroatoms. The number of amides is 1. The normalized spacial score (nSPS) is 12.6. The Kier molecular flexibility index (Phi) is 6.07. The van der Waals surface area contributed by atoms with Crippen LogP contribution in [0.2, 0.25) is 10.0 Å². The molecule has 0 bridgehead atoms. The van der Waals surface area contributed by atoms with E-state index in [9.17, 15) is 4.79 Å². The summed E-state index contributed by atoms with van der Waals surface area (Å²) in [6.45, 7) is 0.222. The minimum atomic E-state index is -0.204. The zero-order valence-corrected chi connectivity index (χ0v) is 15.3. The fourth-order valence-electron chi connectivity index (χ4n) is 2.12. The van der Waals surface area contributed by atoms with E-state index in [1.165, 1.54) is 11.8 Å². The van der Waals surface area contributed by atoms with Crippen molar-refractivity contribution in [3.05, 3.63) is 57.6 Å². The number of thioether (sulfide) groups is 1. The van der Waals surface area contributed by atoms with Gasteiger partial charge in [0.2, 0.25) is 12.7 Å². The van der Waals surface area contributed by atoms with Crippen LogP contribution in [0, 0.1) is 0 Å². The molecule has 5 nitrogen and oxygen atoms in total. The third-order valence-electron chi connectivity index (χ3n) is 3.34. The van der Waals surface area contributed by atoms with Crippen molar-refractivity contribution in [2.45, 2.75) is 5.75 Å². The summed E-state index contributed by atoms with van der Waals surface area (Å²) in [6.07, 6.45) is 1.55. The SMILES string of the molecule is O=C(CSCc1c(Cl)cccc1Cl)N/N=C\c1ccc2c(c1)OCO2. The van der Waals surface area contributed by atoms with Crippen molar-refractivity contribution in [3.8, 4) is 11.5 Å². The number of ether oxygens (including phenoxy) is 2. The number of carbonyl (C=O) groups is 1. The molecular weight excluding hydrogens is 383 g/mol. The maximum Gasteiger partial charge on any atom is 0.250 e. The third kappa shape index (κ3) is 4.81. The highest BCUT2D eigenvalue weighted by Gasteiger charge is 2.12. The molecule has 0 fully saturated rings. The summed E-state index contributed by atoms with van der Waals surface area (Å²) in [5.74, 6) is 1.97. The number of hydrogen-bond acceptors (Lipinski definition) is 5. The lowest BCUT2D eigenvalue weighted by Gasteiger charge is -2.06. The molecule has 25 heavy (non-hydrogen) atoms. The van der Waals surface area contributed by atoms with Crippen LogP contribution in [0.3, 0.4) is 0 Å². The monoisotopic (exact) mass is 396 g/mol. The van der Waals surface area contributed by atoms with Gasteiger partial charge in [-0.1, -0.05) is 29.3 Å². The van der Waals surface area contributed by atoms with Crippen LogP contribution in [0.15, 0.2) is 41.5 Å². The quantitative estimate of drug-likeness (QED) is 0.589. The van der Waals surface area contributed by atoms with E-state index >= 15 is 0 Å². The number of nitrogens with zero attached hydrogens (tertiary/aromatic N) is 1. The number of hydrazone groups is 1. The standard InChI is InChI=1S/C17H14Cl2N2O3S/c18-13-2-1-3-14(19)12(13)8-25-9-17(22)21-20-7-11-4-5-15-16(6-11)24-10-23-15/h1-7H,8-10H2,(H,21,22)/b20-7-. The summed E-state index contributed by atoms with van der Waals surface area (Å²) in [6, 6.07) is 10.8. The zero-order valence-electron chi connectivity index (χ0n) is 13.0. The number of rotatable bonds is 6. The van der Waals surface area contributed by atoms with Gasteiger partial charge in [-0.15, -0.1) is 11.8 Å². The van der Waals surface area contributed by atoms with Gasteiger partial charge in [-0.05, 0) is 41.5 Å². The molecule has 1 aliphatic heterocycles. The van der Waals surface area contributed by atoms with Crippen molar-refractivity contribution in [2.75, 3.05) is 12.5 Å². The molecule has 0 spiro atoms. The van der Waals surface area contributed by atoms with Crippen molar-refractivity contribution in [1.82, 2.24) is 5.43 Å². The lowest BCUT2D eigenvalue weighted by atomic mass is 10.2. The summed E-state index contributed by atoms with van der Waals surface area (Å²) in [4.78, 5) is 11.8. The molecule has 0 unspecified atom stereocenters. The Balaban J connectivity index is 1.45. The maximum absolute atomic E-state index is 11.8. The molecule has 3 rings (SSSR count). The van der Waals surface area contributed by atoms with Gasteiger partial charge in [0, 0.05) is 15.8 Å². The van der Waals surface area contributed by atoms with Gasteiger partial charge in [0.05, 0.1) is 12.0 Å². The Morgan fingerprint density at radius 3 is 2.76 bits per heavy atom. The predicted molar refractivity (Wildman–Crippen MR) is 101 cm³/mol. The molecule has 1 N–H and O–H groups in total. The molecule has 1 amide bonds. The molecule has 1 heterocycles. The summed E-state index contributed by atoms with van der Waals surface area (Å²) in [7, 11) is 0. The maximum atomic E-state index is 11.8. The van der Waals surface area contributed by atoms with Gasteiger partial charge in [-0.25, -0.2) is 5.43 Å². The van der Waals surface area contributed by atoms with Gasteiger partial charge >= 0.3 is 0 Å². The van der Waals surface area contributed by atoms with E-state index in [0.29, 0.717) is 27.3 Å². The van der Waals surface area contributed by atoms with Crippen LogP contribution in [0.25, 0.3) is 0 Å². The van der Waals surface area contributed by atoms with Gasteiger partial charge in [0.1, 0.15) is 0 Å². The first-order valence-corrected chi connectivity index (χ1v) is 9.27. The van der Waals surface area contributed by atoms with Crippen LogP contribution in [0.4, 0.5) is 0 Å². The van der Waals surface area contributed by atoms with Gasteiger partial charge in [-0.3, -0.25) is 4.79 Å². The second kappa shape index (κ2) is 8.47. The van der Waals surface area contributed by atoms with Crippen LogP contribution in [0.1, 0.15) is 11.1 Å². The highest BCUT2D eigenvalue weighted by Crippen LogP contribution is 2.32. The second-order valence-corrected chi connectivity index (χ2v) is 6.90. The van der Waals surface area contributed by atoms with Crippen molar-refractivity contribution >= 4 is 47.1 Å². The molecule has 2 aromatic carbocycles. The van der Waals surface area contributed by atoms with E-state index in [2.05, 4.69) is 10.5 Å². The number of fused-ring (bicyclic) bond motifs is 1. The molecule has 0 saturated heterocycles. The first-order valence-electron chi connectivity index (χ1n) is 7.35. The van der Waals surface area contributed by atoms with Crippen molar-refractivity contribution < 1.29 is 14.3 Å². The van der Waals surface area contributed by atoms with Crippen LogP contribution in [-0.4, -0.2) is 24.7 Å². The zero-order chi connectivity index (χ0) is 17.6. The third-order valence-corrected chi connectivity index (χ3v) is 5.01. The molecule has 0 saturated carbocycles. The van der Waals surface area contributed by atoms with Crippen molar-refractivity contribution in [1.29, 1.82) is 0 Å². The summed E-state index contributed by atoms with van der Waals surface area (Å²) in [5.41, 5.74) is 4.12. The number of nitrogens with one attached hydrogen (secondary N) is 1. The van der Waals surface area contributed by atoms with Crippen LogP contribution >= 0.6 is 35.0 Å². The highest BCUT2D eigenvalue weighted by molar-refractivity contribution is 7.99. The predicted octanol–water partition coefficient (Wildman–Crippen LogP) is 4.11. The van der Waals surface area contributed by atoms with Crippen LogP contribution in [-0.2, 0) is 10.5 Å². The van der Waals surface area contributed by atoms with Crippen LogP contribution in [0.5, 0.6) is 11.5 Å². The lowest BCUT2D eigenvalue weighted by Crippen LogP contribution is -2.19. The second-order valence-electron chi connectivity index (χ2n) is 5.10. The molecular formula is C17H14Cl2N2O3S. The number of carbonyl (C=O) groups excluding carboxylic acids is 1. The molecule has 1 aliphatic rings. The molecule has 2 aromatic rings. The fourth-order valence-corrected chi connectivity index (χ4v) is 3.68. The Hall–Kier alpha value is -1.89. The van der Waals surface area contributed by atoms with E-state index in [1.54, 1.807) is 36.5 Å². The van der Waals surface area contributed by atoms with E-state index in [4.69, 9.17) is 32.7 Å². The number of hydrogen-bond donors (Lipinski definition) is 1. The van der Waals surface area contributed by atoms with E-state index < -0.39 is 0 Å². The van der Waals surface area contributed by atoms with Crippen molar-refractivity contribution in [3.63, 3.8) is 0 Å². The molecule has 0 aromatic heterocycles. The van der Waals surface area contributed by atoms with Gasteiger partial charge in [0.25, 0.3) is 0 Å². The van der Waals surface area contributed by atoms with Gasteiger partial charge in [-0.2, -0.15) is 5.10 Å². The Bertz CT molecular complexity index is 794. The van der Waals surface area contributed by atoms with Crippen LogP contribution < -0.4 is 14.9 Å². The molecule has 0 aliphatic carbocycles. The largest absolute Gasteiger partial charge is 0.454 e. The Morgan fingerprint density at radius 2 is 1.96 bits per heavy atom. The lowest BCUT2D eigenvalue weighted by molar-refractivity contribution is -0.118. The van der Waals surface area contributed by atoms with E-state index in [-0.39, 0.29) is 18.5 Å². The number of benzene rings is 2. The first kappa shape index (κ1) is 17.9. The minimum absolute atomic E-state index is 0.204. The smallest absolute Gasteiger partial charge is 0.250 e. The Morgan fingerprint density at radius 1 is 1.20 bits per heavy atom. The molecule has 130 valence electrons. The molecule has 0 atom stereocenters. The first-order chi connectivity index (χ1) is 12.1. The average Bonchev–Trinajstić information content (AvgIpc) is 3.05. The fraction of sp³-hybridized carbons (Fsp3) is 0.176. The highest BCUT2D eigenvalue weighted by atomic mass is 35.5. The molecule has 0 radical (unpaired) electrons. The van der Waals surface area contributed by atoms with E-state index in [1.807, 2.05) is 6.07 Å². The van der Waals surface area contributed by atoms with Gasteiger partial charge < -0.3 is 9.47 Å². The van der Waals surface area contributed by atoms with E-state index in [0.717, 1.165) is 11.1 Å². The minimum Gasteiger partial charge on any atom is -0.454 e. The summed E-state index contributed by atoms with van der Waals surface area (Å²) >= 11 is 13.6. The Labute approximate surface area is 159 Å². The summed E-state index contributed by atoms with van der Waals surface area (Å²) in [5, 5.41) is 5.14. The average molecular weight is 397 g/mol. The number of halogens is 2.